The highest BCUT2D eigenvalue weighted by Crippen LogP contribution is 2.18. The molecule has 32 heteroatoms. The minimum absolute atomic E-state index is 0. The summed E-state index contributed by atoms with van der Waals surface area (Å²) in [5.74, 6) is 3.44. The van der Waals surface area contributed by atoms with Gasteiger partial charge in [-0.2, -0.15) is 0 Å². The lowest BCUT2D eigenvalue weighted by Crippen LogP contribution is -2.59. The topological polar surface area (TPSA) is 650 Å². The molecular formula is C86H206ClN15O16. The van der Waals surface area contributed by atoms with Crippen LogP contribution < -0.4 is 76.2 Å². The van der Waals surface area contributed by atoms with E-state index in [4.69, 9.17) is 69.8 Å². The number of likely N-dealkylation sites (N-methyl/N-ethyl adjacent to an activating group) is 1. The van der Waals surface area contributed by atoms with Gasteiger partial charge in [-0.3, -0.25) is 19.2 Å². The molecule has 1 aliphatic rings. The highest BCUT2D eigenvalue weighted by Gasteiger charge is 2.35. The third kappa shape index (κ3) is 226. The van der Waals surface area contributed by atoms with Gasteiger partial charge < -0.3 is 144 Å². The Kier molecular flexibility index (Phi) is 382. The predicted molar refractivity (Wildman–Crippen MR) is 519 cm³/mol. The number of aliphatic hydroxyl groups excluding tert-OH is 2. The zero-order chi connectivity index (χ0) is 96.5. The Morgan fingerprint density at radius 1 is 0.432 bits per heavy atom. The number of hydrogen-bond donors (Lipinski definition) is 15. The first kappa shape index (κ1) is 205. The van der Waals surface area contributed by atoms with E-state index in [9.17, 15) is 19.2 Å². The Morgan fingerprint density at radius 3 is 0.890 bits per heavy atom. The second-order valence-corrected chi connectivity index (χ2v) is 23.2. The quantitative estimate of drug-likeness (QED) is 0.0699. The predicted octanol–water partition coefficient (Wildman–Crippen LogP) is 16.0. The first-order valence-corrected chi connectivity index (χ1v) is 38.6. The zero-order valence-corrected chi connectivity index (χ0v) is 84.1. The van der Waals surface area contributed by atoms with Crippen molar-refractivity contribution < 1.29 is 77.3 Å². The van der Waals surface area contributed by atoms with Gasteiger partial charge >= 0.3 is 0 Å². The summed E-state index contributed by atoms with van der Waals surface area (Å²) in [4.78, 5) is 136. The number of benzene rings is 2. The molecule has 4 atom stereocenters. The lowest BCUT2D eigenvalue weighted by Gasteiger charge is -2.34. The zero-order valence-electron chi connectivity index (χ0n) is 83.3. The van der Waals surface area contributed by atoms with Crippen molar-refractivity contribution in [3.63, 3.8) is 0 Å². The van der Waals surface area contributed by atoms with Crippen LogP contribution in [-0.2, 0) is 80.0 Å². The maximum Gasteiger partial charge on any atom is 0.245 e. The van der Waals surface area contributed by atoms with Gasteiger partial charge in [0.2, 0.25) is 23.6 Å². The Labute approximate surface area is 733 Å². The molecule has 0 aliphatic carbocycles. The number of amides is 4. The molecule has 0 radical (unpaired) electrons. The van der Waals surface area contributed by atoms with Crippen molar-refractivity contribution in [2.75, 3.05) is 62.5 Å². The molecule has 2 aromatic carbocycles. The summed E-state index contributed by atoms with van der Waals surface area (Å²) >= 11 is 5.72. The number of rotatable bonds is 17. The maximum absolute atomic E-state index is 13.5. The van der Waals surface area contributed by atoms with E-state index < -0.39 is 18.1 Å². The molecule has 31 nitrogen and oxygen atoms in total. The molecule has 32 N–H and O–H groups in total. The summed E-state index contributed by atoms with van der Waals surface area (Å²) in [6.07, 6.45) is 10.7. The Morgan fingerprint density at radius 2 is 0.686 bits per heavy atom. The lowest BCUT2D eigenvalue weighted by molar-refractivity contribution is -0.141. The SMILES string of the molecule is C=O.C=O.C=O.C=O.C=O.C=O.C=O.C=O.C=O.C=O.CC.CC.CC.CC(C)C.CC(C)O.CCC(C)C.CCC(C)C.CCC(C)C.CCC(C)C.CC[C@H](C)[C@H](NC(=O)[C@H](CC(C)C)NC(=O)[C@H](Cc1ccccc1)N(C)C(C)=O)C(=O)N1CCCCC1.CCc1cccc(Cl)c1.CN.CN.CN.CN.CN.CO.N.N.N.N.N.N. The Balaban J connectivity index is -0.0000000286. The molecular weight excluding hydrogens is 1530 g/mol. The molecule has 0 aromatic heterocycles. The smallest absolute Gasteiger partial charge is 0.245 e. The average Bonchev–Trinajstić information content (AvgIpc) is 0.837. The molecule has 1 saturated heterocycles. The van der Waals surface area contributed by atoms with E-state index in [0.717, 1.165) is 79.4 Å². The summed E-state index contributed by atoms with van der Waals surface area (Å²) in [7, 11) is 10.1. The van der Waals surface area contributed by atoms with E-state index in [1.54, 1.807) is 20.9 Å². The molecule has 118 heavy (non-hydrogen) atoms. The Hall–Kier alpha value is -7.21. The molecule has 0 saturated carbocycles. The number of hydrogen-bond acceptors (Lipinski definition) is 27. The summed E-state index contributed by atoms with van der Waals surface area (Å²) < 4.78 is 0. The van der Waals surface area contributed by atoms with Gasteiger partial charge in [0.25, 0.3) is 0 Å². The number of halogens is 1. The molecule has 4 amide bonds. The van der Waals surface area contributed by atoms with Gasteiger partial charge in [-0.15, -0.1) is 0 Å². The number of nitrogens with two attached hydrogens (primary N) is 5. The van der Waals surface area contributed by atoms with Crippen LogP contribution in [0.4, 0.5) is 0 Å². The number of piperidine rings is 1. The number of aryl methyl sites for hydroxylation is 1. The van der Waals surface area contributed by atoms with Crippen molar-refractivity contribution >= 4 is 103 Å². The Bertz CT molecular complexity index is 1780. The molecule has 728 valence electrons. The van der Waals surface area contributed by atoms with E-state index in [0.29, 0.717) is 25.9 Å². The fourth-order valence-corrected chi connectivity index (χ4v) is 5.65. The lowest BCUT2D eigenvalue weighted by atomic mass is 9.95. The van der Waals surface area contributed by atoms with E-state index in [1.807, 2.05) is 191 Å². The van der Waals surface area contributed by atoms with Crippen LogP contribution in [-0.4, -0.2) is 198 Å². The fourth-order valence-electron chi connectivity index (χ4n) is 5.44. The number of aliphatic hydroxyl groups is 2. The van der Waals surface area contributed by atoms with E-state index in [2.05, 4.69) is 156 Å². The normalized spacial score (nSPS) is 9.06. The summed E-state index contributed by atoms with van der Waals surface area (Å²) in [5, 5.41) is 21.8. The standard InChI is InChI=1S/C29H46N4O4.C8H9Cl.4C5H12.C4H10.C3H8O.3C2H6.5CH5N.CH4O.10CH2O.6H3N/c1-7-21(4)26(29(37)33-16-12-9-13-17-33)31-27(35)24(18-20(2)3)30-28(36)25(32(6)22(5)34)19-23-14-10-8-11-15-23;1-2-7-4-3-5-8(9)6-7;4*1-4-5(2)3;1-4(2)3;1-3(2)4;19*1-2;;;;;;/h8,10-11,14-15,20-21,24-26H,7,9,12-13,16-19H2,1-6H3,(H,30,36)(H,31,35);3-6H,2H2,1H3;4*5H,4H2,1-3H3;4H,1-3H3;3-4H,1-2H3;3*1-2H3;5*2H2,1H3;2H,1H3;10*1H2;6*1H3/t21-,24-,25-,26-;;;;;;;;;;;;;;;;;;;;;;;;;;;;;;;;/m0................................/s1. The van der Waals surface area contributed by atoms with Gasteiger partial charge in [-0.1, -0.05) is 266 Å². The van der Waals surface area contributed by atoms with Crippen molar-refractivity contribution in [2.24, 2.45) is 70.1 Å². The van der Waals surface area contributed by atoms with Crippen molar-refractivity contribution in [1.29, 1.82) is 0 Å². The fraction of sp³-hybridized carbons (Fsp3) is 0.698. The van der Waals surface area contributed by atoms with Crippen molar-refractivity contribution in [2.45, 2.75) is 296 Å². The molecule has 0 spiro atoms. The number of carbonyl (C=O) groups is 14. The minimum Gasteiger partial charge on any atom is -0.400 e. The average molecular weight is 1740 g/mol. The number of carbonyl (C=O) groups excluding carboxylic acids is 14. The molecule has 1 aliphatic heterocycles. The van der Waals surface area contributed by atoms with Crippen LogP contribution in [0.25, 0.3) is 0 Å². The van der Waals surface area contributed by atoms with Crippen LogP contribution in [0.15, 0.2) is 54.6 Å². The van der Waals surface area contributed by atoms with Gasteiger partial charge in [0.1, 0.15) is 86.0 Å². The molecule has 0 unspecified atom stereocenters. The summed E-state index contributed by atoms with van der Waals surface area (Å²) in [6.45, 7) is 81.4. The van der Waals surface area contributed by atoms with Gasteiger partial charge in [0.05, 0.1) is 0 Å². The molecule has 3 rings (SSSR count). The van der Waals surface area contributed by atoms with Gasteiger partial charge in [-0.05, 0) is 146 Å². The van der Waals surface area contributed by atoms with Crippen LogP contribution in [0.2, 0.25) is 5.02 Å². The third-order valence-corrected chi connectivity index (χ3v) is 12.1. The first-order chi connectivity index (χ1) is 53.4. The summed E-state index contributed by atoms with van der Waals surface area (Å²) in [5.41, 5.74) is 24.7. The summed E-state index contributed by atoms with van der Waals surface area (Å²) in [6, 6.07) is 15.2. The monoisotopic (exact) mass is 1740 g/mol. The van der Waals surface area contributed by atoms with E-state index >= 15 is 0 Å². The highest BCUT2D eigenvalue weighted by molar-refractivity contribution is 6.30. The van der Waals surface area contributed by atoms with Gasteiger partial charge in [0, 0.05) is 51.7 Å². The van der Waals surface area contributed by atoms with Crippen LogP contribution in [0.3, 0.4) is 0 Å². The maximum atomic E-state index is 13.5. The van der Waals surface area contributed by atoms with Crippen LogP contribution in [0.5, 0.6) is 0 Å². The van der Waals surface area contributed by atoms with Crippen LogP contribution in [0, 0.1) is 41.4 Å². The second kappa shape index (κ2) is 220. The van der Waals surface area contributed by atoms with Gasteiger partial charge in [-0.25, -0.2) is 0 Å². The number of likely N-dealkylation sites (tertiary alicyclic amines) is 1. The van der Waals surface area contributed by atoms with Crippen molar-refractivity contribution in [3.05, 3.63) is 70.7 Å². The second-order valence-electron chi connectivity index (χ2n) is 22.8. The third-order valence-electron chi connectivity index (χ3n) is 11.9. The molecule has 0 bridgehead atoms. The number of nitrogens with one attached hydrogen (secondary N) is 2. The molecule has 1 fully saturated rings. The van der Waals surface area contributed by atoms with Crippen LogP contribution in [0.1, 0.15) is 270 Å². The van der Waals surface area contributed by atoms with Crippen molar-refractivity contribution in [1.82, 2.24) is 57.3 Å². The largest absolute Gasteiger partial charge is 0.400 e. The molecule has 2 aromatic rings. The first-order valence-electron chi connectivity index (χ1n) is 38.2. The number of nitrogens with zero attached hydrogens (tertiary/aromatic N) is 2. The van der Waals surface area contributed by atoms with E-state index in [1.165, 1.54) is 78.3 Å². The minimum atomic E-state index is -0.813. The molecule has 1 heterocycles. The highest BCUT2D eigenvalue weighted by atomic mass is 35.5. The van der Waals surface area contributed by atoms with Crippen molar-refractivity contribution in [3.8, 4) is 0 Å². The van der Waals surface area contributed by atoms with Crippen LogP contribution >= 0.6 is 11.6 Å². The van der Waals surface area contributed by atoms with E-state index in [-0.39, 0.29) is 78.5 Å². The van der Waals surface area contributed by atoms with Gasteiger partial charge in [0.15, 0.2) is 0 Å².